The third-order valence-electron chi connectivity index (χ3n) is 13.7. The molecule has 1 heterocycles. The van der Waals surface area contributed by atoms with Gasteiger partial charge in [0.15, 0.2) is 5.96 Å². The van der Waals surface area contributed by atoms with Crippen molar-refractivity contribution < 1.29 is 71.2 Å². The zero-order valence-corrected chi connectivity index (χ0v) is 49.6. The van der Waals surface area contributed by atoms with E-state index in [1.54, 1.807) is 49.4 Å². The number of rotatable bonds is 25. The molecule has 9 N–H and O–H groups in total. The van der Waals surface area contributed by atoms with Gasteiger partial charge in [-0.05, 0) is 103 Å². The van der Waals surface area contributed by atoms with E-state index in [-0.39, 0.29) is 74.5 Å². The number of aromatic hydroxyl groups is 1. The van der Waals surface area contributed by atoms with Crippen molar-refractivity contribution in [3.8, 4) is 33.9 Å². The topological polar surface area (TPSA) is 325 Å². The number of carboxylic acids is 2. The van der Waals surface area contributed by atoms with Gasteiger partial charge in [-0.3, -0.25) is 29.5 Å². The molecule has 1 aliphatic heterocycles. The highest BCUT2D eigenvalue weighted by Crippen LogP contribution is 2.42. The van der Waals surface area contributed by atoms with Gasteiger partial charge in [0.25, 0.3) is 5.91 Å². The molecule has 5 aromatic carbocycles. The van der Waals surface area contributed by atoms with Crippen molar-refractivity contribution in [1.82, 2.24) is 36.5 Å². The lowest BCUT2D eigenvalue weighted by Crippen LogP contribution is -2.48. The Morgan fingerprint density at radius 2 is 1.45 bits per heavy atom. The Bertz CT molecular complexity index is 3700. The van der Waals surface area contributed by atoms with Gasteiger partial charge >= 0.3 is 12.2 Å². The number of phenolic OH excluding ortho intramolecular Hbond substituents is 1. The summed E-state index contributed by atoms with van der Waals surface area (Å²) in [5.74, 6) is -5.80. The molecule has 22 nitrogen and oxygen atoms in total. The highest BCUT2D eigenvalue weighted by Gasteiger charge is 2.30. The van der Waals surface area contributed by atoms with E-state index in [2.05, 4.69) is 36.9 Å². The molecule has 6 amide bonds. The summed E-state index contributed by atoms with van der Waals surface area (Å²) in [4.78, 5) is 93.5. The normalized spacial score (nSPS) is 11.9. The van der Waals surface area contributed by atoms with Crippen LogP contribution in [-0.2, 0) is 25.7 Å². The molecular weight excluding hydrogens is 1160 g/mol. The number of fused-ring (bicyclic) bond motifs is 2. The lowest BCUT2D eigenvalue weighted by atomic mass is 9.89. The number of nitrogens with zero attached hydrogens (tertiary/aromatic N) is 3. The molecule has 0 fully saturated rings. The molecule has 5 aromatic rings. The first kappa shape index (κ1) is 67.7. The number of phenols is 1. The Morgan fingerprint density at radius 3 is 2.12 bits per heavy atom. The summed E-state index contributed by atoms with van der Waals surface area (Å²) in [5.41, 5.74) is 11.2. The molecule has 25 heteroatoms. The minimum atomic E-state index is -5.19. The molecule has 0 saturated heterocycles. The van der Waals surface area contributed by atoms with Crippen LogP contribution >= 0.6 is 0 Å². The molecule has 0 radical (unpaired) electrons. The Kier molecular flexibility index (Phi) is 24.6. The average Bonchev–Trinajstić information content (AvgIpc) is 1.53. The van der Waals surface area contributed by atoms with E-state index in [0.29, 0.717) is 76.0 Å². The second-order valence-corrected chi connectivity index (χ2v) is 20.6. The maximum atomic E-state index is 14.5. The number of amides is 6. The number of ether oxygens (including phenoxy) is 1. The number of unbranched alkanes of at least 4 members (excludes halogenated alkanes) is 1. The number of aliphatic carboxylic acids is 1. The van der Waals surface area contributed by atoms with E-state index in [0.717, 1.165) is 16.6 Å². The van der Waals surface area contributed by atoms with Crippen molar-refractivity contribution >= 4 is 64.2 Å². The molecule has 2 aliphatic rings. The number of nitrogens with two attached hydrogens (primary N) is 1. The number of nitrogens with one attached hydrogen (secondary N) is 6. The quantitative estimate of drug-likeness (QED) is 0.0131. The Morgan fingerprint density at radius 1 is 0.753 bits per heavy atom. The van der Waals surface area contributed by atoms with Crippen LogP contribution < -0.4 is 67.4 Å². The van der Waals surface area contributed by atoms with Gasteiger partial charge in [-0.15, -0.1) is 0 Å². The predicted octanol–water partition coefficient (Wildman–Crippen LogP) is 4.11. The van der Waals surface area contributed by atoms with Crippen LogP contribution in [0.2, 0.25) is 0 Å². The van der Waals surface area contributed by atoms with Crippen molar-refractivity contribution in [3.63, 3.8) is 0 Å². The number of carboxylic acid groups (broad SMARTS) is 2. The Hall–Kier alpha value is -10.5. The minimum Gasteiger partial charge on any atom is -0.545 e. The van der Waals surface area contributed by atoms with Gasteiger partial charge in [0.05, 0.1) is 24.6 Å². The third-order valence-corrected chi connectivity index (χ3v) is 13.7. The number of carbonyl (C=O) groups is 7. The fraction of sp³-hybridized carbons (Fsp3) is 0.297. The summed E-state index contributed by atoms with van der Waals surface area (Å²) < 4.78 is 46.1. The molecule has 1 aliphatic carbocycles. The first-order valence-electron chi connectivity index (χ1n) is 28.3. The van der Waals surface area contributed by atoms with Crippen LogP contribution in [0.5, 0.6) is 11.5 Å². The van der Waals surface area contributed by atoms with E-state index in [9.17, 15) is 52.2 Å². The van der Waals surface area contributed by atoms with Gasteiger partial charge in [-0.1, -0.05) is 67.6 Å². The third kappa shape index (κ3) is 20.1. The highest BCUT2D eigenvalue weighted by molar-refractivity contribution is 6.09. The number of guanidine groups is 1. The summed E-state index contributed by atoms with van der Waals surface area (Å²) in [7, 11) is 7.70. The number of anilines is 1. The van der Waals surface area contributed by atoms with Gasteiger partial charge in [0.2, 0.25) is 23.1 Å². The van der Waals surface area contributed by atoms with Crippen LogP contribution in [0.4, 0.5) is 23.7 Å². The summed E-state index contributed by atoms with van der Waals surface area (Å²) >= 11 is 0. The van der Waals surface area contributed by atoms with Crippen LogP contribution in [0.25, 0.3) is 33.4 Å². The number of halogens is 3. The molecule has 89 heavy (non-hydrogen) atoms. The van der Waals surface area contributed by atoms with Crippen molar-refractivity contribution in [3.05, 3.63) is 167 Å². The first-order valence-corrected chi connectivity index (χ1v) is 28.3. The summed E-state index contributed by atoms with van der Waals surface area (Å²) in [5, 5.41) is 49.4. The average molecular weight is 1230 g/mol. The maximum Gasteiger partial charge on any atom is 0.430 e. The monoisotopic (exact) mass is 1230 g/mol. The molecule has 7 rings (SSSR count). The molecule has 0 spiro atoms. The molecular formula is C64H70F3N10O12-. The minimum absolute atomic E-state index is 0.0791. The van der Waals surface area contributed by atoms with Gasteiger partial charge < -0.3 is 71.3 Å². The number of benzene rings is 6. The van der Waals surface area contributed by atoms with Crippen LogP contribution in [0.15, 0.2) is 143 Å². The van der Waals surface area contributed by atoms with Crippen molar-refractivity contribution in [2.45, 2.75) is 63.7 Å². The van der Waals surface area contributed by atoms with E-state index in [1.165, 1.54) is 18.2 Å². The number of carbonyl (C=O) groups excluding carboxylic acids is 7. The Balaban J connectivity index is 0.00000170. The number of aromatic carboxylic acids is 1. The summed E-state index contributed by atoms with van der Waals surface area (Å²) in [6.07, 6.45) is -3.35. The molecule has 0 unspecified atom stereocenters. The van der Waals surface area contributed by atoms with Crippen molar-refractivity contribution in [2.75, 3.05) is 65.9 Å². The number of urea groups is 1. The Labute approximate surface area is 511 Å². The fourth-order valence-corrected chi connectivity index (χ4v) is 9.08. The van der Waals surface area contributed by atoms with Gasteiger partial charge in [0.1, 0.15) is 48.9 Å². The van der Waals surface area contributed by atoms with E-state index in [4.69, 9.17) is 24.8 Å². The van der Waals surface area contributed by atoms with Gasteiger partial charge in [0, 0.05) is 98.7 Å². The SMILES string of the molecule is CCC(=O)NCCNC(=O)NC(N)=NCCC[C@@H](NC(=O)[C@@H](c1ccccc1)c1cccc(OCCCCNC(=O)c2ccc(-c3c4ccc(=[N+](C)C)cc-4oc4cc(N(C)C)ccc34)c(C(=O)[O-])c2)c1)C(=O)NCc1ccc(O)cc1.O=C([O-])C(F)(F)F. The molecule has 0 saturated carbocycles. The molecule has 0 aromatic heterocycles. The highest BCUT2D eigenvalue weighted by atomic mass is 19.4. The van der Waals surface area contributed by atoms with E-state index >= 15 is 0 Å². The first-order chi connectivity index (χ1) is 42.4. The van der Waals surface area contributed by atoms with E-state index in [1.807, 2.05) is 110 Å². The second kappa shape index (κ2) is 32.3. The van der Waals surface area contributed by atoms with Crippen LogP contribution in [0.1, 0.15) is 82.4 Å². The van der Waals surface area contributed by atoms with Crippen molar-refractivity contribution in [1.29, 1.82) is 0 Å². The number of alkyl halides is 3. The number of hydrogen-bond donors (Lipinski definition) is 8. The molecule has 0 bridgehead atoms. The predicted molar refractivity (Wildman–Crippen MR) is 324 cm³/mol. The maximum absolute atomic E-state index is 14.5. The van der Waals surface area contributed by atoms with E-state index < -0.39 is 53.8 Å². The fourth-order valence-electron chi connectivity index (χ4n) is 9.08. The number of aliphatic imine (C=N–C) groups is 1. The van der Waals surface area contributed by atoms with Gasteiger partial charge in [-0.2, -0.15) is 13.2 Å². The largest absolute Gasteiger partial charge is 0.545 e. The summed E-state index contributed by atoms with van der Waals surface area (Å²) in [6, 6.07) is 37.1. The van der Waals surface area contributed by atoms with Crippen LogP contribution in [0, 0.1) is 0 Å². The van der Waals surface area contributed by atoms with Crippen LogP contribution in [-0.4, -0.2) is 126 Å². The van der Waals surface area contributed by atoms with Gasteiger partial charge in [-0.25, -0.2) is 9.37 Å². The smallest absolute Gasteiger partial charge is 0.430 e. The van der Waals surface area contributed by atoms with Crippen molar-refractivity contribution in [2.24, 2.45) is 10.7 Å². The molecule has 2 atom stereocenters. The van der Waals surface area contributed by atoms with Crippen LogP contribution in [0.3, 0.4) is 0 Å². The zero-order chi connectivity index (χ0) is 64.8. The lowest BCUT2D eigenvalue weighted by Gasteiger charge is -2.23. The summed E-state index contributed by atoms with van der Waals surface area (Å²) in [6.45, 7) is 2.94. The second-order valence-electron chi connectivity index (χ2n) is 20.6. The zero-order valence-electron chi connectivity index (χ0n) is 49.6. The standard InChI is InChI=1S/C62H70N10O10.C2HF3O2/c1-6-54(74)64-31-32-67-62(80)70-61(63)66-30-13-18-51(58(76)68-38-39-19-24-45(73)25-20-39)69-59(77)55(40-14-8-7-9-15-40)41-16-12-17-46(34-41)81-33-11-10-29-65-57(75)42-21-26-47(50(35-42)60(78)79)56-48-27-22-43(71(2)3)36-52(48)82-53-37-44(72(4)5)23-28-49(53)56;3-2(4,5)1(6)7/h7-9,12,14-17,19-28,34-37,51,55H,6,10-11,13,18,29-33,38H2,1-5H3,(H9-,63,64,65,66,67,68,69,70,73,74,75,76,77,78,79,80);(H,6,7)/p-1/t51-,55+;/m1./s1. The molecule has 470 valence electrons. The number of hydrogen-bond acceptors (Lipinski definition) is 14. The lowest BCUT2D eigenvalue weighted by molar-refractivity contribution is -0.344.